The fraction of sp³-hybridized carbons (Fsp3) is 0.533. The number of esters is 1. The van der Waals surface area contributed by atoms with E-state index in [-0.39, 0.29) is 5.97 Å². The predicted molar refractivity (Wildman–Crippen MR) is 93.6 cm³/mol. The Bertz CT molecular complexity index is 576. The summed E-state index contributed by atoms with van der Waals surface area (Å²) in [6, 6.07) is 1.88. The number of thiol groups is 1. The van der Waals surface area contributed by atoms with Gasteiger partial charge in [0.25, 0.3) is 0 Å². The van der Waals surface area contributed by atoms with Crippen molar-refractivity contribution in [2.45, 2.75) is 38.9 Å². The van der Waals surface area contributed by atoms with Crippen LogP contribution in [0.2, 0.25) is 0 Å². The Morgan fingerprint density at radius 1 is 1.36 bits per heavy atom. The van der Waals surface area contributed by atoms with Crippen LogP contribution in [0, 0.1) is 0 Å². The van der Waals surface area contributed by atoms with E-state index in [9.17, 15) is 4.79 Å². The van der Waals surface area contributed by atoms with E-state index in [1.54, 1.807) is 0 Å². The third kappa shape index (κ3) is 3.27. The van der Waals surface area contributed by atoms with Crippen LogP contribution in [-0.2, 0) is 14.0 Å². The number of thiophene rings is 1. The van der Waals surface area contributed by atoms with Gasteiger partial charge in [0, 0.05) is 5.75 Å². The van der Waals surface area contributed by atoms with Crippen molar-refractivity contribution in [3.63, 3.8) is 0 Å². The maximum atomic E-state index is 11.8. The van der Waals surface area contributed by atoms with Gasteiger partial charge in [-0.1, -0.05) is 6.08 Å². The number of ether oxygens (including phenoxy) is 1. The smallest absolute Gasteiger partial charge is 0.465 e. The van der Waals surface area contributed by atoms with Crippen LogP contribution in [-0.4, -0.2) is 37.2 Å². The van der Waals surface area contributed by atoms with Crippen molar-refractivity contribution in [1.82, 2.24) is 0 Å². The summed E-state index contributed by atoms with van der Waals surface area (Å²) in [5.74, 6) is 0.140. The summed E-state index contributed by atoms with van der Waals surface area (Å²) >= 11 is 5.73. The maximum absolute atomic E-state index is 11.8. The lowest BCUT2D eigenvalue weighted by Crippen LogP contribution is -2.41. The lowest BCUT2D eigenvalue weighted by Gasteiger charge is -2.32. The van der Waals surface area contributed by atoms with Gasteiger partial charge in [-0.3, -0.25) is 0 Å². The SMILES string of the molecule is COC(=O)c1sccc1C=C(CS)B1OC(C)(C)C(C)(C)O1. The molecule has 0 spiro atoms. The maximum Gasteiger partial charge on any atom is 0.491 e. The van der Waals surface area contributed by atoms with Crippen molar-refractivity contribution in [2.24, 2.45) is 0 Å². The second kappa shape index (κ2) is 6.39. The summed E-state index contributed by atoms with van der Waals surface area (Å²) in [7, 11) is 0.913. The number of hydrogen-bond acceptors (Lipinski definition) is 6. The van der Waals surface area contributed by atoms with Gasteiger partial charge in [-0.25, -0.2) is 4.79 Å². The third-order valence-electron chi connectivity index (χ3n) is 4.15. The van der Waals surface area contributed by atoms with Gasteiger partial charge in [-0.15, -0.1) is 11.3 Å². The summed E-state index contributed by atoms with van der Waals surface area (Å²) in [4.78, 5) is 12.3. The Balaban J connectivity index is 2.30. The molecule has 0 atom stereocenters. The first-order chi connectivity index (χ1) is 10.2. The van der Waals surface area contributed by atoms with E-state index in [4.69, 9.17) is 14.0 Å². The number of carbonyl (C=O) groups excluding carboxylic acids is 1. The zero-order valence-corrected chi connectivity index (χ0v) is 15.2. The summed E-state index contributed by atoms with van der Waals surface area (Å²) in [6.45, 7) is 8.03. The Morgan fingerprint density at radius 2 is 1.95 bits per heavy atom. The molecule has 120 valence electrons. The van der Waals surface area contributed by atoms with Crippen molar-refractivity contribution >= 4 is 43.1 Å². The zero-order valence-electron chi connectivity index (χ0n) is 13.5. The summed E-state index contributed by atoms with van der Waals surface area (Å²) in [6.07, 6.45) is 1.90. The van der Waals surface area contributed by atoms with Crippen molar-refractivity contribution in [1.29, 1.82) is 0 Å². The molecule has 1 aliphatic rings. The van der Waals surface area contributed by atoms with E-state index < -0.39 is 18.3 Å². The van der Waals surface area contributed by atoms with Crippen LogP contribution in [0.15, 0.2) is 16.9 Å². The second-order valence-electron chi connectivity index (χ2n) is 6.16. The van der Waals surface area contributed by atoms with Gasteiger partial charge >= 0.3 is 13.1 Å². The molecule has 0 aliphatic carbocycles. The minimum atomic E-state index is -0.465. The lowest BCUT2D eigenvalue weighted by atomic mass is 9.78. The molecule has 1 saturated heterocycles. The van der Waals surface area contributed by atoms with Crippen LogP contribution >= 0.6 is 24.0 Å². The first-order valence-electron chi connectivity index (χ1n) is 7.04. The first kappa shape index (κ1) is 17.6. The lowest BCUT2D eigenvalue weighted by molar-refractivity contribution is 0.00578. The molecule has 2 rings (SSSR count). The molecule has 1 aromatic rings. The zero-order chi connectivity index (χ0) is 16.5. The molecule has 0 amide bonds. The van der Waals surface area contributed by atoms with Crippen molar-refractivity contribution < 1.29 is 18.8 Å². The fourth-order valence-electron chi connectivity index (χ4n) is 2.07. The van der Waals surface area contributed by atoms with E-state index in [2.05, 4.69) is 12.6 Å². The Labute approximate surface area is 141 Å². The van der Waals surface area contributed by atoms with Crippen LogP contribution in [0.1, 0.15) is 42.9 Å². The molecular weight excluding hydrogens is 319 g/mol. The summed E-state index contributed by atoms with van der Waals surface area (Å²) in [5.41, 5.74) is 0.875. The van der Waals surface area contributed by atoms with Gasteiger partial charge in [-0.2, -0.15) is 12.6 Å². The van der Waals surface area contributed by atoms with Gasteiger partial charge in [0.05, 0.1) is 18.3 Å². The number of rotatable bonds is 4. The number of hydrogen-bond donors (Lipinski definition) is 1. The predicted octanol–water partition coefficient (Wildman–Crippen LogP) is 3.48. The van der Waals surface area contributed by atoms with Gasteiger partial charge < -0.3 is 14.0 Å². The highest BCUT2D eigenvalue weighted by Gasteiger charge is 2.52. The van der Waals surface area contributed by atoms with E-state index in [1.807, 2.05) is 45.2 Å². The first-order valence-corrected chi connectivity index (χ1v) is 8.56. The van der Waals surface area contributed by atoms with Crippen LogP contribution in [0.25, 0.3) is 6.08 Å². The van der Waals surface area contributed by atoms with Crippen LogP contribution in [0.4, 0.5) is 0 Å². The molecule has 1 aromatic heterocycles. The molecule has 0 N–H and O–H groups in total. The molecule has 1 aliphatic heterocycles. The minimum absolute atomic E-state index is 0.339. The average Bonchev–Trinajstić information content (AvgIpc) is 2.97. The molecule has 0 radical (unpaired) electrons. The van der Waals surface area contributed by atoms with Gasteiger partial charge in [0.2, 0.25) is 0 Å². The normalized spacial score (nSPS) is 20.3. The molecule has 0 bridgehead atoms. The quantitative estimate of drug-likeness (QED) is 0.518. The van der Waals surface area contributed by atoms with E-state index in [0.29, 0.717) is 10.6 Å². The number of methoxy groups -OCH3 is 1. The Hall–Kier alpha value is -0.755. The van der Waals surface area contributed by atoms with Crippen LogP contribution in [0.5, 0.6) is 0 Å². The molecule has 4 nitrogen and oxygen atoms in total. The fourth-order valence-corrected chi connectivity index (χ4v) is 3.11. The van der Waals surface area contributed by atoms with Gasteiger partial charge in [0.1, 0.15) is 4.88 Å². The largest absolute Gasteiger partial charge is 0.491 e. The highest BCUT2D eigenvalue weighted by Crippen LogP contribution is 2.39. The molecular formula is C15H21BO4S2. The summed E-state index contributed by atoms with van der Waals surface area (Å²) in [5, 5.41) is 1.86. The monoisotopic (exact) mass is 340 g/mol. The standard InChI is InChI=1S/C15H21BO4S2/c1-14(2)15(3,4)20-16(19-14)11(9-21)8-10-6-7-22-12(10)13(17)18-5/h6-8,21H,9H2,1-5H3. The molecule has 22 heavy (non-hydrogen) atoms. The van der Waals surface area contributed by atoms with E-state index in [0.717, 1.165) is 11.0 Å². The van der Waals surface area contributed by atoms with Crippen LogP contribution < -0.4 is 0 Å². The summed E-state index contributed by atoms with van der Waals surface area (Å²) < 4.78 is 16.9. The highest BCUT2D eigenvalue weighted by atomic mass is 32.1. The molecule has 1 fully saturated rings. The Kier molecular flexibility index (Phi) is 5.11. The van der Waals surface area contributed by atoms with Gasteiger partial charge in [0.15, 0.2) is 0 Å². The highest BCUT2D eigenvalue weighted by molar-refractivity contribution is 7.80. The molecule has 2 heterocycles. The second-order valence-corrected chi connectivity index (χ2v) is 7.39. The average molecular weight is 340 g/mol. The number of carbonyl (C=O) groups is 1. The molecule has 7 heteroatoms. The topological polar surface area (TPSA) is 44.8 Å². The van der Waals surface area contributed by atoms with Crippen molar-refractivity contribution in [3.05, 3.63) is 27.4 Å². The van der Waals surface area contributed by atoms with E-state index in [1.165, 1.54) is 18.4 Å². The molecule has 0 aromatic carbocycles. The Morgan fingerprint density at radius 3 is 2.45 bits per heavy atom. The molecule has 0 unspecified atom stereocenters. The van der Waals surface area contributed by atoms with Crippen molar-refractivity contribution in [2.75, 3.05) is 12.9 Å². The van der Waals surface area contributed by atoms with Crippen molar-refractivity contribution in [3.8, 4) is 0 Å². The van der Waals surface area contributed by atoms with E-state index >= 15 is 0 Å². The minimum Gasteiger partial charge on any atom is -0.465 e. The third-order valence-corrected chi connectivity index (χ3v) is 5.42. The van der Waals surface area contributed by atoms with Crippen LogP contribution in [0.3, 0.4) is 0 Å². The molecule has 0 saturated carbocycles. The van der Waals surface area contributed by atoms with Gasteiger partial charge in [-0.05, 0) is 50.2 Å².